The van der Waals surface area contributed by atoms with Crippen LogP contribution in [-0.4, -0.2) is 25.5 Å². The average molecular weight is 264 g/mol. The van der Waals surface area contributed by atoms with Crippen LogP contribution in [0.5, 0.6) is 0 Å². The lowest BCUT2D eigenvalue weighted by molar-refractivity contribution is 0.505. The molecule has 0 aromatic heterocycles. The van der Waals surface area contributed by atoms with Gasteiger partial charge in [0.05, 0.1) is 17.6 Å². The van der Waals surface area contributed by atoms with Gasteiger partial charge in [-0.2, -0.15) is 5.26 Å². The van der Waals surface area contributed by atoms with Gasteiger partial charge in [0, 0.05) is 5.69 Å². The fourth-order valence-corrected chi connectivity index (χ4v) is 3.67. The number of nitrogens with zero attached hydrogens (tertiary/aromatic N) is 1. The lowest BCUT2D eigenvalue weighted by atomic mass is 9.93. The van der Waals surface area contributed by atoms with Gasteiger partial charge in [0.1, 0.15) is 5.54 Å². The van der Waals surface area contributed by atoms with Crippen molar-refractivity contribution in [3.8, 4) is 6.07 Å². The molecule has 0 amide bonds. The van der Waals surface area contributed by atoms with Gasteiger partial charge < -0.3 is 5.32 Å². The summed E-state index contributed by atoms with van der Waals surface area (Å²) >= 11 is 0. The molecule has 1 fully saturated rings. The maximum Gasteiger partial charge on any atom is 0.150 e. The first-order valence-electron chi connectivity index (χ1n) is 5.91. The summed E-state index contributed by atoms with van der Waals surface area (Å²) in [6.07, 6.45) is 0.694. The Morgan fingerprint density at radius 2 is 2.00 bits per heavy atom. The van der Waals surface area contributed by atoms with E-state index in [0.29, 0.717) is 12.8 Å². The minimum atomic E-state index is -2.96. The summed E-state index contributed by atoms with van der Waals surface area (Å²) in [5, 5.41) is 12.5. The smallest absolute Gasteiger partial charge is 0.150 e. The molecule has 1 aliphatic heterocycles. The minimum absolute atomic E-state index is 0.0827. The van der Waals surface area contributed by atoms with Crippen LogP contribution in [0.25, 0.3) is 0 Å². The molecule has 5 heteroatoms. The molecule has 4 nitrogen and oxygen atoms in total. The van der Waals surface area contributed by atoms with Crippen LogP contribution in [0.4, 0.5) is 5.69 Å². The van der Waals surface area contributed by atoms with Crippen LogP contribution >= 0.6 is 0 Å². The van der Waals surface area contributed by atoms with E-state index in [0.717, 1.165) is 11.3 Å². The third-order valence-corrected chi connectivity index (χ3v) is 4.95. The predicted octanol–water partition coefficient (Wildman–Crippen LogP) is 1.88. The second-order valence-corrected chi connectivity index (χ2v) is 7.14. The molecule has 0 bridgehead atoms. The summed E-state index contributed by atoms with van der Waals surface area (Å²) in [6.45, 7) is 1.98. The van der Waals surface area contributed by atoms with Gasteiger partial charge in [-0.3, -0.25) is 0 Å². The molecular formula is C13H16N2O2S. The minimum Gasteiger partial charge on any atom is -0.367 e. The lowest BCUT2D eigenvalue weighted by Crippen LogP contribution is -2.44. The maximum atomic E-state index is 11.4. The molecule has 0 atom stereocenters. The van der Waals surface area contributed by atoms with Crippen LogP contribution in [0.3, 0.4) is 0 Å². The van der Waals surface area contributed by atoms with E-state index in [4.69, 9.17) is 0 Å². The maximum absolute atomic E-state index is 11.4. The Morgan fingerprint density at radius 3 is 2.56 bits per heavy atom. The van der Waals surface area contributed by atoms with Gasteiger partial charge in [0.25, 0.3) is 0 Å². The van der Waals surface area contributed by atoms with Crippen molar-refractivity contribution in [1.82, 2.24) is 0 Å². The van der Waals surface area contributed by atoms with E-state index < -0.39 is 15.4 Å². The number of benzene rings is 1. The predicted molar refractivity (Wildman–Crippen MR) is 71.0 cm³/mol. The molecule has 2 rings (SSSR count). The van der Waals surface area contributed by atoms with Gasteiger partial charge in [-0.05, 0) is 37.5 Å². The van der Waals surface area contributed by atoms with E-state index in [1.165, 1.54) is 0 Å². The summed E-state index contributed by atoms with van der Waals surface area (Å²) in [7, 11) is -2.96. The Kier molecular flexibility index (Phi) is 3.31. The summed E-state index contributed by atoms with van der Waals surface area (Å²) in [4.78, 5) is 0. The van der Waals surface area contributed by atoms with Crippen LogP contribution < -0.4 is 5.32 Å². The highest BCUT2D eigenvalue weighted by Gasteiger charge is 2.37. The van der Waals surface area contributed by atoms with Gasteiger partial charge in [0.15, 0.2) is 9.84 Å². The molecule has 0 saturated carbocycles. The number of nitriles is 1. The van der Waals surface area contributed by atoms with Crippen LogP contribution in [0.2, 0.25) is 0 Å². The highest BCUT2D eigenvalue weighted by Crippen LogP contribution is 2.27. The second-order valence-electron chi connectivity index (χ2n) is 4.84. The largest absolute Gasteiger partial charge is 0.367 e. The molecule has 1 saturated heterocycles. The Balaban J connectivity index is 2.18. The Hall–Kier alpha value is -1.54. The van der Waals surface area contributed by atoms with Gasteiger partial charge in [-0.15, -0.1) is 0 Å². The van der Waals surface area contributed by atoms with Crippen LogP contribution in [-0.2, 0) is 9.84 Å². The van der Waals surface area contributed by atoms with Gasteiger partial charge in [-0.25, -0.2) is 8.42 Å². The molecule has 0 radical (unpaired) electrons. The number of hydrogen-bond donors (Lipinski definition) is 1. The standard InChI is InChI=1S/C13H16N2O2S/c1-11-3-2-4-12(9-11)15-13(10-14)5-7-18(16,17)8-6-13/h2-4,9,15H,5-8H2,1H3. The summed E-state index contributed by atoms with van der Waals surface area (Å²) in [6, 6.07) is 10.0. The van der Waals surface area contributed by atoms with Gasteiger partial charge in [-0.1, -0.05) is 12.1 Å². The topological polar surface area (TPSA) is 70.0 Å². The van der Waals surface area contributed by atoms with E-state index in [9.17, 15) is 13.7 Å². The third-order valence-electron chi connectivity index (χ3n) is 3.30. The van der Waals surface area contributed by atoms with Crippen molar-refractivity contribution < 1.29 is 8.42 Å². The number of aryl methyl sites for hydroxylation is 1. The summed E-state index contributed by atoms with van der Waals surface area (Å²) < 4.78 is 22.8. The lowest BCUT2D eigenvalue weighted by Gasteiger charge is -2.32. The number of rotatable bonds is 2. The Morgan fingerprint density at radius 1 is 1.33 bits per heavy atom. The molecule has 18 heavy (non-hydrogen) atoms. The van der Waals surface area contributed by atoms with Crippen molar-refractivity contribution in [1.29, 1.82) is 5.26 Å². The number of nitrogens with one attached hydrogen (secondary N) is 1. The Bertz CT molecular complexity index is 573. The Labute approximate surface area is 108 Å². The van der Waals surface area contributed by atoms with Crippen LogP contribution in [0, 0.1) is 18.3 Å². The second kappa shape index (κ2) is 4.62. The van der Waals surface area contributed by atoms with E-state index in [1.54, 1.807) is 0 Å². The fourth-order valence-electron chi connectivity index (χ4n) is 2.15. The van der Waals surface area contributed by atoms with Crippen molar-refractivity contribution in [2.75, 3.05) is 16.8 Å². The van der Waals surface area contributed by atoms with Crippen molar-refractivity contribution >= 4 is 15.5 Å². The van der Waals surface area contributed by atoms with E-state index in [2.05, 4.69) is 11.4 Å². The third kappa shape index (κ3) is 2.82. The zero-order valence-electron chi connectivity index (χ0n) is 10.3. The molecule has 1 aromatic carbocycles. The van der Waals surface area contributed by atoms with Crippen molar-refractivity contribution in [3.63, 3.8) is 0 Å². The highest BCUT2D eigenvalue weighted by atomic mass is 32.2. The van der Waals surface area contributed by atoms with Gasteiger partial charge >= 0.3 is 0 Å². The molecule has 0 spiro atoms. The zero-order valence-corrected chi connectivity index (χ0v) is 11.1. The summed E-state index contributed by atoms with van der Waals surface area (Å²) in [5.74, 6) is 0.165. The monoisotopic (exact) mass is 264 g/mol. The molecular weight excluding hydrogens is 248 g/mol. The summed E-state index contributed by atoms with van der Waals surface area (Å²) in [5.41, 5.74) is 1.23. The van der Waals surface area contributed by atoms with Gasteiger partial charge in [0.2, 0.25) is 0 Å². The molecule has 0 aliphatic carbocycles. The number of anilines is 1. The van der Waals surface area contributed by atoms with Crippen molar-refractivity contribution in [3.05, 3.63) is 29.8 Å². The van der Waals surface area contributed by atoms with Crippen molar-refractivity contribution in [2.45, 2.75) is 25.3 Å². The highest BCUT2D eigenvalue weighted by molar-refractivity contribution is 7.91. The number of hydrogen-bond acceptors (Lipinski definition) is 4. The normalized spacial score (nSPS) is 20.9. The molecule has 96 valence electrons. The van der Waals surface area contributed by atoms with E-state index in [-0.39, 0.29) is 11.5 Å². The van der Waals surface area contributed by atoms with Crippen LogP contribution in [0.1, 0.15) is 18.4 Å². The van der Waals surface area contributed by atoms with Crippen LogP contribution in [0.15, 0.2) is 24.3 Å². The zero-order chi connectivity index (χ0) is 13.2. The molecule has 0 unspecified atom stereocenters. The fraction of sp³-hybridized carbons (Fsp3) is 0.462. The SMILES string of the molecule is Cc1cccc(NC2(C#N)CCS(=O)(=O)CC2)c1. The molecule has 1 aliphatic rings. The number of sulfone groups is 1. The van der Waals surface area contributed by atoms with Crippen molar-refractivity contribution in [2.24, 2.45) is 0 Å². The van der Waals surface area contributed by atoms with E-state index in [1.807, 2.05) is 31.2 Å². The first kappa shape index (κ1) is 12.9. The molecule has 1 aromatic rings. The quantitative estimate of drug-likeness (QED) is 0.885. The molecule has 1 heterocycles. The first-order valence-corrected chi connectivity index (χ1v) is 7.73. The average Bonchev–Trinajstić information content (AvgIpc) is 2.33. The molecule has 1 N–H and O–H groups in total. The van der Waals surface area contributed by atoms with E-state index >= 15 is 0 Å². The first-order chi connectivity index (χ1) is 8.45.